The highest BCUT2D eigenvalue weighted by Gasteiger charge is 2.27. The Labute approximate surface area is 96.6 Å². The highest BCUT2D eigenvalue weighted by atomic mass is 16.3. The molecule has 90 valence electrons. The van der Waals surface area contributed by atoms with Crippen LogP contribution >= 0.6 is 0 Å². The maximum atomic E-state index is 10.0. The maximum absolute atomic E-state index is 10.0. The van der Waals surface area contributed by atoms with Gasteiger partial charge in [0.1, 0.15) is 11.5 Å². The molecular formula is C13H21NO2. The average Bonchev–Trinajstić information content (AvgIpc) is 2.67. The largest absolute Gasteiger partial charge is 0.465 e. The molecule has 1 unspecified atom stereocenters. The third-order valence-corrected chi connectivity index (χ3v) is 3.32. The van der Waals surface area contributed by atoms with Crippen molar-refractivity contribution in [1.82, 2.24) is 0 Å². The number of fused-ring (bicyclic) bond motifs is 1. The minimum absolute atomic E-state index is 0.270. The van der Waals surface area contributed by atoms with Crippen molar-refractivity contribution in [2.75, 3.05) is 6.54 Å². The minimum Gasteiger partial charge on any atom is -0.465 e. The van der Waals surface area contributed by atoms with Crippen molar-refractivity contribution in [3.05, 3.63) is 22.6 Å². The van der Waals surface area contributed by atoms with Crippen molar-refractivity contribution in [2.45, 2.75) is 51.6 Å². The molecule has 0 bridgehead atoms. The van der Waals surface area contributed by atoms with Gasteiger partial charge in [-0.3, -0.25) is 0 Å². The van der Waals surface area contributed by atoms with Crippen LogP contribution in [0.3, 0.4) is 0 Å². The summed E-state index contributed by atoms with van der Waals surface area (Å²) in [5.74, 6) is 2.32. The number of furan rings is 1. The zero-order valence-corrected chi connectivity index (χ0v) is 10.1. The number of aliphatic hydroxyl groups is 1. The molecule has 0 aromatic carbocycles. The molecule has 0 spiro atoms. The lowest BCUT2D eigenvalue weighted by Gasteiger charge is -2.14. The Balaban J connectivity index is 2.48. The fraction of sp³-hybridized carbons (Fsp3) is 0.692. The van der Waals surface area contributed by atoms with E-state index in [-0.39, 0.29) is 6.54 Å². The van der Waals surface area contributed by atoms with Gasteiger partial charge in [0, 0.05) is 24.4 Å². The van der Waals surface area contributed by atoms with Crippen molar-refractivity contribution >= 4 is 0 Å². The first-order valence-electron chi connectivity index (χ1n) is 6.17. The average molecular weight is 223 g/mol. The van der Waals surface area contributed by atoms with E-state index in [1.807, 2.05) is 0 Å². The van der Waals surface area contributed by atoms with E-state index in [2.05, 4.69) is 13.8 Å². The summed E-state index contributed by atoms with van der Waals surface area (Å²) in [5.41, 5.74) is 7.78. The Hall–Kier alpha value is -0.800. The molecule has 0 radical (unpaired) electrons. The van der Waals surface area contributed by atoms with Gasteiger partial charge >= 0.3 is 0 Å². The number of nitrogens with two attached hydrogens (primary N) is 1. The van der Waals surface area contributed by atoms with Gasteiger partial charge in [-0.2, -0.15) is 0 Å². The predicted octanol–water partition coefficient (Wildman–Crippen LogP) is 2.27. The third kappa shape index (κ3) is 1.89. The van der Waals surface area contributed by atoms with Crippen LogP contribution < -0.4 is 5.73 Å². The van der Waals surface area contributed by atoms with Crippen LogP contribution in [0.5, 0.6) is 0 Å². The van der Waals surface area contributed by atoms with Crippen LogP contribution in [0.15, 0.2) is 4.42 Å². The Bertz CT molecular complexity index is 368. The van der Waals surface area contributed by atoms with E-state index >= 15 is 0 Å². The monoisotopic (exact) mass is 223 g/mol. The highest BCUT2D eigenvalue weighted by molar-refractivity contribution is 5.38. The first-order valence-corrected chi connectivity index (χ1v) is 6.17. The molecule has 0 fully saturated rings. The summed E-state index contributed by atoms with van der Waals surface area (Å²) >= 11 is 0. The number of hydrogen-bond acceptors (Lipinski definition) is 3. The van der Waals surface area contributed by atoms with Crippen molar-refractivity contribution in [3.63, 3.8) is 0 Å². The van der Waals surface area contributed by atoms with Crippen molar-refractivity contribution in [3.8, 4) is 0 Å². The van der Waals surface area contributed by atoms with Crippen molar-refractivity contribution in [2.24, 2.45) is 5.73 Å². The molecule has 0 amide bonds. The second-order valence-corrected chi connectivity index (χ2v) is 4.90. The zero-order valence-electron chi connectivity index (χ0n) is 10.1. The first kappa shape index (κ1) is 11.7. The van der Waals surface area contributed by atoms with Gasteiger partial charge in [0.05, 0.1) is 6.10 Å². The van der Waals surface area contributed by atoms with E-state index in [1.54, 1.807) is 0 Å². The first-order chi connectivity index (χ1) is 7.65. The van der Waals surface area contributed by atoms with Crippen LogP contribution in [-0.2, 0) is 12.8 Å². The highest BCUT2D eigenvalue weighted by Crippen LogP contribution is 2.36. The summed E-state index contributed by atoms with van der Waals surface area (Å²) in [6, 6.07) is 0. The summed E-state index contributed by atoms with van der Waals surface area (Å²) in [4.78, 5) is 0. The normalized spacial score (nSPS) is 17.6. The fourth-order valence-corrected chi connectivity index (χ4v) is 2.52. The Morgan fingerprint density at radius 3 is 2.62 bits per heavy atom. The van der Waals surface area contributed by atoms with Gasteiger partial charge in [-0.05, 0) is 24.8 Å². The van der Waals surface area contributed by atoms with E-state index in [9.17, 15) is 5.11 Å². The summed E-state index contributed by atoms with van der Waals surface area (Å²) in [6.45, 7) is 4.46. The molecule has 1 aromatic heterocycles. The minimum atomic E-state index is -0.567. The third-order valence-electron chi connectivity index (χ3n) is 3.32. The molecule has 3 nitrogen and oxygen atoms in total. The quantitative estimate of drug-likeness (QED) is 0.826. The molecule has 1 aromatic rings. The van der Waals surface area contributed by atoms with Gasteiger partial charge in [0.15, 0.2) is 0 Å². The molecule has 1 aliphatic carbocycles. The van der Waals surface area contributed by atoms with Crippen LogP contribution in [0.1, 0.15) is 61.4 Å². The second kappa shape index (κ2) is 4.60. The Morgan fingerprint density at radius 2 is 2.00 bits per heavy atom. The molecule has 1 atom stereocenters. The van der Waals surface area contributed by atoms with E-state index < -0.39 is 6.10 Å². The lowest BCUT2D eigenvalue weighted by atomic mass is 9.90. The number of hydrogen-bond donors (Lipinski definition) is 2. The zero-order chi connectivity index (χ0) is 11.7. The van der Waals surface area contributed by atoms with Crippen molar-refractivity contribution in [1.29, 1.82) is 0 Å². The number of aliphatic hydroxyl groups excluding tert-OH is 1. The summed E-state index contributed by atoms with van der Waals surface area (Å²) < 4.78 is 5.91. The maximum Gasteiger partial charge on any atom is 0.112 e. The van der Waals surface area contributed by atoms with E-state index in [4.69, 9.17) is 10.2 Å². The van der Waals surface area contributed by atoms with Crippen molar-refractivity contribution < 1.29 is 9.52 Å². The Morgan fingerprint density at radius 1 is 1.31 bits per heavy atom. The van der Waals surface area contributed by atoms with Crippen LogP contribution in [0, 0.1) is 0 Å². The van der Waals surface area contributed by atoms with Crippen LogP contribution in [0.4, 0.5) is 0 Å². The molecule has 3 heteroatoms. The predicted molar refractivity (Wildman–Crippen MR) is 63.5 cm³/mol. The van der Waals surface area contributed by atoms with Crippen LogP contribution in [0.2, 0.25) is 0 Å². The summed E-state index contributed by atoms with van der Waals surface area (Å²) in [5, 5.41) is 10.0. The number of aryl methyl sites for hydroxylation is 1. The lowest BCUT2D eigenvalue weighted by Crippen LogP contribution is -2.15. The van der Waals surface area contributed by atoms with Gasteiger partial charge in [0.25, 0.3) is 0 Å². The van der Waals surface area contributed by atoms with E-state index in [0.717, 1.165) is 29.9 Å². The summed E-state index contributed by atoms with van der Waals surface area (Å²) in [7, 11) is 0. The molecule has 2 rings (SSSR count). The molecule has 16 heavy (non-hydrogen) atoms. The van der Waals surface area contributed by atoms with Gasteiger partial charge < -0.3 is 15.3 Å². The molecule has 1 aliphatic rings. The standard InChI is InChI=1S/C13H21NO2/c1-8(2)13-12(10(15)7-14)9-5-3-4-6-11(9)16-13/h8,10,15H,3-7,14H2,1-2H3. The molecular weight excluding hydrogens is 202 g/mol. The SMILES string of the molecule is CC(C)c1oc2c(c1C(O)CN)CCCC2. The van der Waals surface area contributed by atoms with Gasteiger partial charge in [0.2, 0.25) is 0 Å². The van der Waals surface area contributed by atoms with E-state index in [1.165, 1.54) is 18.4 Å². The van der Waals surface area contributed by atoms with E-state index in [0.29, 0.717) is 5.92 Å². The molecule has 3 N–H and O–H groups in total. The van der Waals surface area contributed by atoms with Gasteiger partial charge in [-0.25, -0.2) is 0 Å². The molecule has 0 saturated heterocycles. The van der Waals surface area contributed by atoms with Crippen LogP contribution in [0.25, 0.3) is 0 Å². The lowest BCUT2D eigenvalue weighted by molar-refractivity contribution is 0.182. The summed E-state index contributed by atoms with van der Waals surface area (Å²) in [6.07, 6.45) is 3.84. The number of rotatable bonds is 3. The molecule has 0 saturated carbocycles. The smallest absolute Gasteiger partial charge is 0.112 e. The van der Waals surface area contributed by atoms with Gasteiger partial charge in [-0.1, -0.05) is 13.8 Å². The second-order valence-electron chi connectivity index (χ2n) is 4.90. The molecule has 0 aliphatic heterocycles. The molecule has 1 heterocycles. The van der Waals surface area contributed by atoms with Gasteiger partial charge in [-0.15, -0.1) is 0 Å². The van der Waals surface area contributed by atoms with Crippen LogP contribution in [-0.4, -0.2) is 11.7 Å². The topological polar surface area (TPSA) is 59.4 Å². The Kier molecular flexibility index (Phi) is 3.36. The fourth-order valence-electron chi connectivity index (χ4n) is 2.52.